The second kappa shape index (κ2) is 6.92. The van der Waals surface area contributed by atoms with Crippen LogP contribution in [-0.4, -0.2) is 20.5 Å². The quantitative estimate of drug-likeness (QED) is 0.434. The number of rotatable bonds is 3. The van der Waals surface area contributed by atoms with Gasteiger partial charge in [-0.15, -0.1) is 0 Å². The van der Waals surface area contributed by atoms with Crippen molar-refractivity contribution in [1.29, 1.82) is 0 Å². The predicted molar refractivity (Wildman–Crippen MR) is 117 cm³/mol. The predicted octanol–water partition coefficient (Wildman–Crippen LogP) is 5.83. The summed E-state index contributed by atoms with van der Waals surface area (Å²) in [6.45, 7) is 6.33. The van der Waals surface area contributed by atoms with Gasteiger partial charge < -0.3 is 0 Å². The molecule has 0 unspecified atom stereocenters. The molecular weight excluding hydrogens is 378 g/mol. The molecule has 0 amide bonds. The van der Waals surface area contributed by atoms with Gasteiger partial charge in [0.25, 0.3) is 0 Å². The molecule has 0 aliphatic heterocycles. The first-order valence-electron chi connectivity index (χ1n) is 10.1. The smallest absolute Gasteiger partial charge is 0.211 e. The topological polar surface area (TPSA) is 47.8 Å². The number of aryl methyl sites for hydroxylation is 1. The first-order chi connectivity index (χ1) is 14.0. The normalized spacial score (nSPS) is 16.6. The highest BCUT2D eigenvalue weighted by Crippen LogP contribution is 2.36. The first kappa shape index (κ1) is 18.3. The maximum Gasteiger partial charge on any atom is 0.211 e. The second-order valence-electron chi connectivity index (χ2n) is 8.13. The Morgan fingerprint density at radius 1 is 1.07 bits per heavy atom. The van der Waals surface area contributed by atoms with Gasteiger partial charge in [-0.25, -0.2) is 9.67 Å². The van der Waals surface area contributed by atoms with Gasteiger partial charge in [-0.3, -0.25) is 4.79 Å². The molecule has 1 atom stereocenters. The lowest BCUT2D eigenvalue weighted by Crippen LogP contribution is -2.20. The zero-order valence-corrected chi connectivity index (χ0v) is 17.7. The van der Waals surface area contributed by atoms with Gasteiger partial charge in [-0.1, -0.05) is 61.6 Å². The molecule has 2 heterocycles. The van der Waals surface area contributed by atoms with E-state index in [0.717, 1.165) is 38.7 Å². The van der Waals surface area contributed by atoms with Crippen LogP contribution in [0.15, 0.2) is 48.5 Å². The van der Waals surface area contributed by atoms with Crippen LogP contribution in [-0.2, 0) is 6.42 Å². The van der Waals surface area contributed by atoms with E-state index >= 15 is 0 Å². The number of benzene rings is 2. The maximum absolute atomic E-state index is 13.0. The van der Waals surface area contributed by atoms with Gasteiger partial charge in [0.1, 0.15) is 0 Å². The van der Waals surface area contributed by atoms with Crippen molar-refractivity contribution in [2.75, 3.05) is 0 Å². The number of fused-ring (bicyclic) bond motifs is 2. The van der Waals surface area contributed by atoms with Crippen molar-refractivity contribution in [3.8, 4) is 5.13 Å². The molecule has 0 N–H and O–H groups in total. The molecule has 0 saturated carbocycles. The van der Waals surface area contributed by atoms with E-state index in [1.807, 2.05) is 29.8 Å². The van der Waals surface area contributed by atoms with E-state index in [2.05, 4.69) is 44.2 Å². The average Bonchev–Trinajstić information content (AvgIpc) is 3.29. The third-order valence-corrected chi connectivity index (χ3v) is 6.86. The number of hydrogen-bond donors (Lipinski definition) is 0. The minimum Gasteiger partial charge on any atom is -0.294 e. The van der Waals surface area contributed by atoms with Crippen LogP contribution in [0.25, 0.3) is 15.3 Å². The Balaban J connectivity index is 1.56. The fraction of sp³-hybridized carbons (Fsp3) is 0.292. The Morgan fingerprint density at radius 3 is 2.55 bits per heavy atom. The van der Waals surface area contributed by atoms with Crippen LogP contribution in [0.1, 0.15) is 65.0 Å². The largest absolute Gasteiger partial charge is 0.294 e. The molecule has 146 valence electrons. The zero-order chi connectivity index (χ0) is 20.1. The third kappa shape index (κ3) is 3.10. The van der Waals surface area contributed by atoms with E-state index in [-0.39, 0.29) is 11.7 Å². The SMILES string of the molecule is Cc1nn(-c2nc3ccccc3s2)c2c1C(=O)C[C@H](c1ccc(C(C)C)cc1)C2. The summed E-state index contributed by atoms with van der Waals surface area (Å²) < 4.78 is 3.04. The molecule has 0 radical (unpaired) electrons. The van der Waals surface area contributed by atoms with Crippen LogP contribution in [0, 0.1) is 6.92 Å². The summed E-state index contributed by atoms with van der Waals surface area (Å²) in [7, 11) is 0. The van der Waals surface area contributed by atoms with Crippen LogP contribution < -0.4 is 0 Å². The Kier molecular flexibility index (Phi) is 4.36. The molecule has 4 nitrogen and oxygen atoms in total. The molecule has 0 fully saturated rings. The lowest BCUT2D eigenvalue weighted by Gasteiger charge is -2.23. The molecule has 0 bridgehead atoms. The molecule has 5 rings (SSSR count). The van der Waals surface area contributed by atoms with Crippen LogP contribution >= 0.6 is 11.3 Å². The minimum atomic E-state index is 0.181. The number of Topliss-reactive ketones (excluding diaryl/α,β-unsaturated/α-hetero) is 1. The van der Waals surface area contributed by atoms with E-state index in [9.17, 15) is 4.79 Å². The van der Waals surface area contributed by atoms with Gasteiger partial charge in [0.2, 0.25) is 5.13 Å². The summed E-state index contributed by atoms with van der Waals surface area (Å²) >= 11 is 1.62. The summed E-state index contributed by atoms with van der Waals surface area (Å²) in [5.74, 6) is 0.876. The van der Waals surface area contributed by atoms with E-state index in [1.54, 1.807) is 11.3 Å². The third-order valence-electron chi connectivity index (χ3n) is 5.84. The lowest BCUT2D eigenvalue weighted by atomic mass is 9.81. The van der Waals surface area contributed by atoms with Crippen LogP contribution in [0.4, 0.5) is 0 Å². The summed E-state index contributed by atoms with van der Waals surface area (Å²) in [4.78, 5) is 17.8. The standard InChI is InChI=1S/C24H23N3OS/c1-14(2)16-8-10-17(11-9-16)18-12-20-23(21(28)13-18)15(3)26-27(20)24-25-19-6-4-5-7-22(19)29-24/h4-11,14,18H,12-13H2,1-3H3/t18-/m1/s1. The van der Waals surface area contributed by atoms with Crippen molar-refractivity contribution in [1.82, 2.24) is 14.8 Å². The molecular formula is C24H23N3OS. The van der Waals surface area contributed by atoms with E-state index in [4.69, 9.17) is 10.1 Å². The Labute approximate surface area is 174 Å². The monoisotopic (exact) mass is 401 g/mol. The van der Waals surface area contributed by atoms with E-state index in [1.165, 1.54) is 11.1 Å². The first-order valence-corrected chi connectivity index (χ1v) is 10.9. The zero-order valence-electron chi connectivity index (χ0n) is 16.8. The molecule has 0 saturated heterocycles. The highest BCUT2D eigenvalue weighted by atomic mass is 32.1. The number of nitrogens with zero attached hydrogens (tertiary/aromatic N) is 3. The number of carbonyl (C=O) groups is 1. The van der Waals surface area contributed by atoms with Crippen molar-refractivity contribution in [2.45, 2.75) is 45.4 Å². The van der Waals surface area contributed by atoms with Crippen molar-refractivity contribution >= 4 is 27.3 Å². The Morgan fingerprint density at radius 2 is 1.83 bits per heavy atom. The molecule has 1 aliphatic carbocycles. The fourth-order valence-electron chi connectivity index (χ4n) is 4.26. The summed E-state index contributed by atoms with van der Waals surface area (Å²) in [6, 6.07) is 16.9. The van der Waals surface area contributed by atoms with Crippen LogP contribution in [0.2, 0.25) is 0 Å². The van der Waals surface area contributed by atoms with Gasteiger partial charge >= 0.3 is 0 Å². The van der Waals surface area contributed by atoms with Crippen molar-refractivity contribution < 1.29 is 4.79 Å². The molecule has 5 heteroatoms. The molecule has 4 aromatic rings. The van der Waals surface area contributed by atoms with E-state index in [0.29, 0.717) is 12.3 Å². The van der Waals surface area contributed by atoms with Gasteiger partial charge in [0, 0.05) is 6.42 Å². The minimum absolute atomic E-state index is 0.181. The summed E-state index contributed by atoms with van der Waals surface area (Å²) in [5, 5.41) is 5.55. The molecule has 1 aliphatic rings. The molecule has 2 aromatic heterocycles. The fourth-order valence-corrected chi connectivity index (χ4v) is 5.20. The van der Waals surface area contributed by atoms with Crippen LogP contribution in [0.5, 0.6) is 0 Å². The number of hydrogen-bond acceptors (Lipinski definition) is 4. The summed E-state index contributed by atoms with van der Waals surface area (Å²) in [5.41, 5.74) is 6.11. The number of thiazole rings is 1. The maximum atomic E-state index is 13.0. The van der Waals surface area contributed by atoms with Gasteiger partial charge in [-0.05, 0) is 48.4 Å². The number of carbonyl (C=O) groups excluding carboxylic acids is 1. The second-order valence-corrected chi connectivity index (χ2v) is 9.14. The van der Waals surface area contributed by atoms with E-state index < -0.39 is 0 Å². The van der Waals surface area contributed by atoms with Gasteiger partial charge in [0.15, 0.2) is 5.78 Å². The Bertz CT molecular complexity index is 1180. The molecule has 0 spiro atoms. The number of ketones is 1. The highest BCUT2D eigenvalue weighted by Gasteiger charge is 2.32. The van der Waals surface area contributed by atoms with Crippen molar-refractivity contribution in [2.24, 2.45) is 0 Å². The highest BCUT2D eigenvalue weighted by molar-refractivity contribution is 7.20. The molecule has 2 aromatic carbocycles. The van der Waals surface area contributed by atoms with Gasteiger partial charge in [-0.2, -0.15) is 5.10 Å². The van der Waals surface area contributed by atoms with Crippen molar-refractivity contribution in [3.63, 3.8) is 0 Å². The number of aromatic nitrogens is 3. The van der Waals surface area contributed by atoms with Crippen LogP contribution in [0.3, 0.4) is 0 Å². The van der Waals surface area contributed by atoms with Crippen molar-refractivity contribution in [3.05, 3.63) is 76.6 Å². The molecule has 29 heavy (non-hydrogen) atoms. The summed E-state index contributed by atoms with van der Waals surface area (Å²) in [6.07, 6.45) is 1.35. The lowest BCUT2D eigenvalue weighted by molar-refractivity contribution is 0.0963. The van der Waals surface area contributed by atoms with Gasteiger partial charge in [0.05, 0.1) is 27.2 Å². The Hall–Kier alpha value is -2.79. The average molecular weight is 402 g/mol. The number of para-hydroxylation sites is 1.